The fraction of sp³-hybridized carbons (Fsp3) is 0.158. The van der Waals surface area contributed by atoms with Crippen molar-refractivity contribution < 1.29 is 9.47 Å². The number of rotatable bonds is 5. The molecular formula is C19H16Cl2N2O2. The van der Waals surface area contributed by atoms with Crippen LogP contribution < -0.4 is 9.47 Å². The molecule has 0 saturated carbocycles. The smallest absolute Gasteiger partial charge is 0.202 e. The van der Waals surface area contributed by atoms with Gasteiger partial charge < -0.3 is 9.47 Å². The topological polar surface area (TPSA) is 44.2 Å². The Hall–Kier alpha value is -2.30. The maximum absolute atomic E-state index is 6.27. The number of benzene rings is 2. The molecule has 0 saturated heterocycles. The van der Waals surface area contributed by atoms with Crippen molar-refractivity contribution >= 4 is 23.2 Å². The zero-order chi connectivity index (χ0) is 17.8. The lowest BCUT2D eigenvalue weighted by Crippen LogP contribution is -2.00. The molecule has 0 fully saturated rings. The Morgan fingerprint density at radius 3 is 2.08 bits per heavy atom. The van der Waals surface area contributed by atoms with Crippen molar-refractivity contribution in [3.8, 4) is 17.2 Å². The van der Waals surface area contributed by atoms with Crippen LogP contribution in [0.1, 0.15) is 17.0 Å². The third-order valence-electron chi connectivity index (χ3n) is 3.59. The molecule has 0 spiro atoms. The van der Waals surface area contributed by atoms with Gasteiger partial charge in [0, 0.05) is 6.42 Å². The molecule has 0 N–H and O–H groups in total. The van der Waals surface area contributed by atoms with E-state index in [9.17, 15) is 0 Å². The monoisotopic (exact) mass is 374 g/mol. The standard InChI is InChI=1S/C19H16Cl2N2O2/c1-12-7-9-13(10-8-12)11-16-22-18(20)17(19(21)23-16)25-15-6-4-3-5-14(15)24-2/h3-10H,11H2,1-2H3. The van der Waals surface area contributed by atoms with E-state index in [1.165, 1.54) is 5.56 Å². The Labute approximate surface area is 156 Å². The van der Waals surface area contributed by atoms with Crippen molar-refractivity contribution in [2.24, 2.45) is 0 Å². The molecule has 0 bridgehead atoms. The van der Waals surface area contributed by atoms with Crippen LogP contribution in [-0.2, 0) is 6.42 Å². The molecule has 128 valence electrons. The predicted molar refractivity (Wildman–Crippen MR) is 99.1 cm³/mol. The number of halogens is 2. The van der Waals surface area contributed by atoms with Crippen LogP contribution in [0.4, 0.5) is 0 Å². The van der Waals surface area contributed by atoms with Gasteiger partial charge in [-0.05, 0) is 24.6 Å². The fourth-order valence-electron chi connectivity index (χ4n) is 2.30. The lowest BCUT2D eigenvalue weighted by Gasteiger charge is -2.12. The zero-order valence-corrected chi connectivity index (χ0v) is 15.3. The first-order chi connectivity index (χ1) is 12.1. The first-order valence-corrected chi connectivity index (χ1v) is 8.40. The fourth-order valence-corrected chi connectivity index (χ4v) is 2.80. The molecule has 2 aromatic carbocycles. The number of hydrogen-bond acceptors (Lipinski definition) is 4. The van der Waals surface area contributed by atoms with Crippen molar-refractivity contribution in [1.29, 1.82) is 0 Å². The number of para-hydroxylation sites is 2. The van der Waals surface area contributed by atoms with E-state index in [1.807, 2.05) is 43.3 Å². The lowest BCUT2D eigenvalue weighted by atomic mass is 10.1. The summed E-state index contributed by atoms with van der Waals surface area (Å²) in [6.45, 7) is 2.04. The van der Waals surface area contributed by atoms with E-state index in [0.29, 0.717) is 23.7 Å². The summed E-state index contributed by atoms with van der Waals surface area (Å²) in [6.07, 6.45) is 0.536. The second-order valence-corrected chi connectivity index (χ2v) is 6.18. The van der Waals surface area contributed by atoms with E-state index >= 15 is 0 Å². The Morgan fingerprint density at radius 2 is 1.48 bits per heavy atom. The van der Waals surface area contributed by atoms with Crippen LogP contribution in [-0.4, -0.2) is 17.1 Å². The first-order valence-electron chi connectivity index (χ1n) is 7.65. The molecule has 0 aliphatic carbocycles. The average Bonchev–Trinajstić information content (AvgIpc) is 2.60. The summed E-state index contributed by atoms with van der Waals surface area (Å²) in [4.78, 5) is 8.61. The minimum absolute atomic E-state index is 0.160. The van der Waals surface area contributed by atoms with E-state index in [4.69, 9.17) is 32.7 Å². The molecule has 0 atom stereocenters. The second-order valence-electron chi connectivity index (χ2n) is 5.47. The number of hydrogen-bond donors (Lipinski definition) is 0. The molecule has 1 heterocycles. The van der Waals surface area contributed by atoms with Gasteiger partial charge >= 0.3 is 0 Å². The third-order valence-corrected chi connectivity index (χ3v) is 4.11. The van der Waals surface area contributed by atoms with Crippen LogP contribution in [0.15, 0.2) is 48.5 Å². The van der Waals surface area contributed by atoms with Gasteiger partial charge in [0.2, 0.25) is 5.75 Å². The molecule has 4 nitrogen and oxygen atoms in total. The molecule has 0 radical (unpaired) electrons. The van der Waals surface area contributed by atoms with Gasteiger partial charge in [0.1, 0.15) is 5.82 Å². The Balaban J connectivity index is 1.86. The SMILES string of the molecule is COc1ccccc1Oc1c(Cl)nc(Cc2ccc(C)cc2)nc1Cl. The van der Waals surface area contributed by atoms with Crippen molar-refractivity contribution in [3.05, 3.63) is 75.8 Å². The molecule has 3 rings (SSSR count). The van der Waals surface area contributed by atoms with Gasteiger partial charge in [-0.3, -0.25) is 0 Å². The normalized spacial score (nSPS) is 10.6. The van der Waals surface area contributed by atoms with Gasteiger partial charge in [-0.1, -0.05) is 65.2 Å². The minimum Gasteiger partial charge on any atom is -0.493 e. The summed E-state index contributed by atoms with van der Waals surface area (Å²) in [7, 11) is 1.56. The Kier molecular flexibility index (Phi) is 5.41. The van der Waals surface area contributed by atoms with Gasteiger partial charge in [-0.25, -0.2) is 9.97 Å². The van der Waals surface area contributed by atoms with Gasteiger partial charge in [0.25, 0.3) is 0 Å². The van der Waals surface area contributed by atoms with Crippen LogP contribution in [0, 0.1) is 6.92 Å². The van der Waals surface area contributed by atoms with Crippen molar-refractivity contribution in [2.45, 2.75) is 13.3 Å². The average molecular weight is 375 g/mol. The molecule has 3 aromatic rings. The molecule has 1 aromatic heterocycles. The minimum atomic E-state index is 0.160. The number of aryl methyl sites for hydroxylation is 1. The summed E-state index contributed by atoms with van der Waals surface area (Å²) in [6, 6.07) is 15.3. The number of aromatic nitrogens is 2. The van der Waals surface area contributed by atoms with Crippen molar-refractivity contribution in [3.63, 3.8) is 0 Å². The molecule has 0 amide bonds. The van der Waals surface area contributed by atoms with Crippen molar-refractivity contribution in [2.75, 3.05) is 7.11 Å². The van der Waals surface area contributed by atoms with E-state index in [2.05, 4.69) is 9.97 Å². The third kappa shape index (κ3) is 4.21. The molecule has 0 aliphatic heterocycles. The first kappa shape index (κ1) is 17.5. The van der Waals surface area contributed by atoms with Crippen LogP contribution >= 0.6 is 23.2 Å². The second kappa shape index (κ2) is 7.72. The van der Waals surface area contributed by atoms with E-state index in [-0.39, 0.29) is 16.1 Å². The van der Waals surface area contributed by atoms with E-state index in [1.54, 1.807) is 19.2 Å². The number of nitrogens with zero attached hydrogens (tertiary/aromatic N) is 2. The highest BCUT2D eigenvalue weighted by Gasteiger charge is 2.16. The predicted octanol–water partition coefficient (Wildman–Crippen LogP) is 5.48. The van der Waals surface area contributed by atoms with E-state index < -0.39 is 0 Å². The summed E-state index contributed by atoms with van der Waals surface area (Å²) in [5.41, 5.74) is 2.28. The lowest BCUT2D eigenvalue weighted by molar-refractivity contribution is 0.378. The maximum atomic E-state index is 6.27. The van der Waals surface area contributed by atoms with Gasteiger partial charge in [-0.15, -0.1) is 0 Å². The highest BCUT2D eigenvalue weighted by atomic mass is 35.5. The molecule has 0 unspecified atom stereocenters. The number of methoxy groups -OCH3 is 1. The van der Waals surface area contributed by atoms with E-state index in [0.717, 1.165) is 5.56 Å². The van der Waals surface area contributed by atoms with Crippen LogP contribution in [0.2, 0.25) is 10.3 Å². The maximum Gasteiger partial charge on any atom is 0.202 e. The Bertz CT molecular complexity index is 860. The van der Waals surface area contributed by atoms with Crippen LogP contribution in [0.25, 0.3) is 0 Å². The summed E-state index contributed by atoms with van der Waals surface area (Å²) >= 11 is 12.5. The number of ether oxygens (including phenoxy) is 2. The molecule has 0 aliphatic rings. The van der Waals surface area contributed by atoms with Gasteiger partial charge in [0.05, 0.1) is 7.11 Å². The molecule has 6 heteroatoms. The molecule has 25 heavy (non-hydrogen) atoms. The Morgan fingerprint density at radius 1 is 0.880 bits per heavy atom. The highest BCUT2D eigenvalue weighted by Crippen LogP contribution is 2.37. The largest absolute Gasteiger partial charge is 0.493 e. The summed E-state index contributed by atoms with van der Waals surface area (Å²) in [5.74, 6) is 1.80. The van der Waals surface area contributed by atoms with Gasteiger partial charge in [-0.2, -0.15) is 0 Å². The summed E-state index contributed by atoms with van der Waals surface area (Å²) < 4.78 is 11.0. The van der Waals surface area contributed by atoms with Crippen LogP contribution in [0.5, 0.6) is 17.2 Å². The van der Waals surface area contributed by atoms with Crippen molar-refractivity contribution in [1.82, 2.24) is 9.97 Å². The van der Waals surface area contributed by atoms with Gasteiger partial charge in [0.15, 0.2) is 21.8 Å². The quantitative estimate of drug-likeness (QED) is 0.554. The van der Waals surface area contributed by atoms with Crippen LogP contribution in [0.3, 0.4) is 0 Å². The summed E-state index contributed by atoms with van der Waals surface area (Å²) in [5, 5.41) is 0.320. The molecular weight excluding hydrogens is 359 g/mol. The highest BCUT2D eigenvalue weighted by molar-refractivity contribution is 6.35. The zero-order valence-electron chi connectivity index (χ0n) is 13.8.